The second-order valence-corrected chi connectivity index (χ2v) is 14.0. The van der Waals surface area contributed by atoms with E-state index in [0.29, 0.717) is 0 Å². The van der Waals surface area contributed by atoms with E-state index < -0.39 is 5.41 Å². The molecule has 0 fully saturated rings. The van der Waals surface area contributed by atoms with Gasteiger partial charge in [0.25, 0.3) is 0 Å². The first kappa shape index (κ1) is 29.2. The zero-order valence-corrected chi connectivity index (χ0v) is 28.5. The molecule has 0 radical (unpaired) electrons. The molecule has 11 rings (SSSR count). The molecule has 2 nitrogen and oxygen atoms in total. The highest BCUT2D eigenvalue weighted by Crippen LogP contribution is 2.49. The third-order valence-electron chi connectivity index (χ3n) is 11.5. The zero-order valence-electron chi connectivity index (χ0n) is 28.5. The quantitative estimate of drug-likeness (QED) is 0.167. The summed E-state index contributed by atoms with van der Waals surface area (Å²) >= 11 is 0. The molecule has 0 atom stereocenters. The van der Waals surface area contributed by atoms with E-state index in [0.717, 1.165) is 17.1 Å². The molecule has 0 spiro atoms. The second-order valence-electron chi connectivity index (χ2n) is 14.0. The lowest BCUT2D eigenvalue weighted by atomic mass is 9.29. The first-order valence-corrected chi connectivity index (χ1v) is 18.2. The van der Waals surface area contributed by atoms with Crippen molar-refractivity contribution >= 4 is 62.0 Å². The Kier molecular flexibility index (Phi) is 6.29. The van der Waals surface area contributed by atoms with Crippen molar-refractivity contribution in [2.24, 2.45) is 0 Å². The molecule has 0 saturated carbocycles. The van der Waals surface area contributed by atoms with Crippen LogP contribution in [0.15, 0.2) is 200 Å². The van der Waals surface area contributed by atoms with E-state index in [-0.39, 0.29) is 6.71 Å². The fourth-order valence-corrected chi connectivity index (χ4v) is 9.62. The number of hydrogen-bond donors (Lipinski definition) is 0. The maximum absolute atomic E-state index is 2.60. The second kappa shape index (κ2) is 11.2. The zero-order chi connectivity index (χ0) is 34.2. The average molecular weight is 661 g/mol. The molecule has 0 N–H and O–H groups in total. The summed E-state index contributed by atoms with van der Waals surface area (Å²) in [5.74, 6) is 0. The molecule has 0 unspecified atom stereocenters. The van der Waals surface area contributed by atoms with Gasteiger partial charge in [0.2, 0.25) is 6.71 Å². The highest BCUT2D eigenvalue weighted by atomic mass is 15.2. The van der Waals surface area contributed by atoms with Crippen molar-refractivity contribution in [2.45, 2.75) is 5.41 Å². The third kappa shape index (κ3) is 3.85. The molecule has 0 amide bonds. The number of hydrogen-bond acceptors (Lipinski definition) is 1. The Morgan fingerprint density at radius 3 is 1.56 bits per heavy atom. The van der Waals surface area contributed by atoms with E-state index in [9.17, 15) is 0 Å². The Balaban J connectivity index is 1.31. The number of nitrogens with zero attached hydrogens (tertiary/aromatic N) is 2. The number of para-hydroxylation sites is 4. The van der Waals surface area contributed by atoms with Gasteiger partial charge < -0.3 is 9.47 Å². The van der Waals surface area contributed by atoms with Crippen molar-refractivity contribution in [1.82, 2.24) is 4.57 Å². The smallest absolute Gasteiger partial charge is 0.247 e. The van der Waals surface area contributed by atoms with Gasteiger partial charge in [-0.15, -0.1) is 0 Å². The summed E-state index contributed by atoms with van der Waals surface area (Å²) in [5, 5.41) is 2.54. The van der Waals surface area contributed by atoms with E-state index in [2.05, 4.69) is 210 Å². The predicted molar refractivity (Wildman–Crippen MR) is 218 cm³/mol. The average Bonchev–Trinajstić information content (AvgIpc) is 3.57. The van der Waals surface area contributed by atoms with Gasteiger partial charge in [-0.25, -0.2) is 0 Å². The Morgan fingerprint density at radius 2 is 0.904 bits per heavy atom. The maximum Gasteiger partial charge on any atom is 0.247 e. The van der Waals surface area contributed by atoms with Crippen LogP contribution in [0.1, 0.15) is 22.3 Å². The Morgan fingerprint density at radius 1 is 0.404 bits per heavy atom. The first-order chi connectivity index (χ1) is 25.9. The van der Waals surface area contributed by atoms with E-state index in [1.165, 1.54) is 66.1 Å². The minimum atomic E-state index is -0.502. The summed E-state index contributed by atoms with van der Waals surface area (Å²) in [5.41, 5.74) is 16.0. The molecule has 3 heterocycles. The number of aromatic nitrogens is 1. The van der Waals surface area contributed by atoms with Gasteiger partial charge in [-0.05, 0) is 69.6 Å². The van der Waals surface area contributed by atoms with Crippen LogP contribution in [0.25, 0.3) is 27.5 Å². The van der Waals surface area contributed by atoms with Crippen LogP contribution in [-0.4, -0.2) is 11.3 Å². The molecule has 2 aliphatic rings. The third-order valence-corrected chi connectivity index (χ3v) is 11.5. The van der Waals surface area contributed by atoms with Crippen LogP contribution in [0.2, 0.25) is 0 Å². The standard InChI is InChI=1S/C49H33BN2/c1-5-18-34(19-6-1)49(35-20-7-2-8-21-35)40-28-13-14-30-42(40)50-43-31-15-26-38-39-27-16-33-45(48(39)52(47(38)43)44-32-17-29-41(49)46(44)50)51(36-22-9-3-10-23-36)37-24-11-4-12-25-37/h1-33H. The van der Waals surface area contributed by atoms with E-state index >= 15 is 0 Å². The van der Waals surface area contributed by atoms with Gasteiger partial charge in [-0.2, -0.15) is 0 Å². The molecule has 0 saturated heterocycles. The molecular formula is C49H33BN2. The van der Waals surface area contributed by atoms with E-state index in [4.69, 9.17) is 0 Å². The summed E-state index contributed by atoms with van der Waals surface area (Å²) < 4.78 is 2.60. The maximum atomic E-state index is 2.60. The van der Waals surface area contributed by atoms with Gasteiger partial charge in [-0.1, -0.05) is 169 Å². The molecule has 0 bridgehead atoms. The lowest BCUT2D eigenvalue weighted by molar-refractivity contribution is 0.750. The highest BCUT2D eigenvalue weighted by Gasteiger charge is 2.50. The fraction of sp³-hybridized carbons (Fsp3) is 0.0204. The molecule has 8 aromatic carbocycles. The normalized spacial score (nSPS) is 13.5. The topological polar surface area (TPSA) is 8.17 Å². The number of rotatable bonds is 5. The molecule has 9 aromatic rings. The summed E-state index contributed by atoms with van der Waals surface area (Å²) in [6.07, 6.45) is 0. The Labute approximate surface area is 303 Å². The van der Waals surface area contributed by atoms with Crippen LogP contribution < -0.4 is 21.3 Å². The van der Waals surface area contributed by atoms with Gasteiger partial charge >= 0.3 is 0 Å². The van der Waals surface area contributed by atoms with Crippen molar-refractivity contribution in [1.29, 1.82) is 0 Å². The summed E-state index contributed by atoms with van der Waals surface area (Å²) in [7, 11) is 0. The largest absolute Gasteiger partial charge is 0.308 e. The first-order valence-electron chi connectivity index (χ1n) is 18.2. The molecule has 242 valence electrons. The minimum absolute atomic E-state index is 0.0891. The van der Waals surface area contributed by atoms with Gasteiger partial charge in [0.1, 0.15) is 0 Å². The SMILES string of the molecule is c1ccc(N(c2ccccc2)c2cccc3c4cccc5c4n(c23)-c2cccc3c2B5c2ccccc2C3(c2ccccc2)c2ccccc2)cc1. The van der Waals surface area contributed by atoms with Crippen LogP contribution in [0.4, 0.5) is 17.1 Å². The van der Waals surface area contributed by atoms with Crippen LogP contribution in [0.3, 0.4) is 0 Å². The number of fused-ring (bicyclic) bond motifs is 7. The Bertz CT molecular complexity index is 2710. The Hall–Kier alpha value is -6.58. The van der Waals surface area contributed by atoms with Crippen LogP contribution >= 0.6 is 0 Å². The molecule has 1 aromatic heterocycles. The summed E-state index contributed by atoms with van der Waals surface area (Å²) in [4.78, 5) is 2.42. The lowest BCUT2D eigenvalue weighted by Crippen LogP contribution is -2.64. The van der Waals surface area contributed by atoms with Crippen molar-refractivity contribution in [3.05, 3.63) is 222 Å². The van der Waals surface area contributed by atoms with Crippen molar-refractivity contribution in [3.8, 4) is 5.69 Å². The molecule has 52 heavy (non-hydrogen) atoms. The summed E-state index contributed by atoms with van der Waals surface area (Å²) in [6, 6.07) is 73.9. The number of benzene rings is 8. The van der Waals surface area contributed by atoms with Crippen molar-refractivity contribution in [2.75, 3.05) is 4.90 Å². The minimum Gasteiger partial charge on any atom is -0.308 e. The molecule has 2 aliphatic heterocycles. The number of anilines is 3. The van der Waals surface area contributed by atoms with Crippen molar-refractivity contribution < 1.29 is 0 Å². The van der Waals surface area contributed by atoms with Crippen LogP contribution in [0, 0.1) is 0 Å². The van der Waals surface area contributed by atoms with Crippen LogP contribution in [-0.2, 0) is 5.41 Å². The highest BCUT2D eigenvalue weighted by molar-refractivity contribution is 6.99. The van der Waals surface area contributed by atoms with Crippen molar-refractivity contribution in [3.63, 3.8) is 0 Å². The van der Waals surface area contributed by atoms with E-state index in [1.54, 1.807) is 0 Å². The van der Waals surface area contributed by atoms with Gasteiger partial charge in [0.05, 0.1) is 16.6 Å². The molecule has 0 aliphatic carbocycles. The van der Waals surface area contributed by atoms with Gasteiger partial charge in [0.15, 0.2) is 0 Å². The molecule has 3 heteroatoms. The fourth-order valence-electron chi connectivity index (χ4n) is 9.62. The lowest BCUT2D eigenvalue weighted by Gasteiger charge is -2.46. The monoisotopic (exact) mass is 660 g/mol. The van der Waals surface area contributed by atoms with Gasteiger partial charge in [0, 0.05) is 33.4 Å². The van der Waals surface area contributed by atoms with Gasteiger partial charge in [-0.3, -0.25) is 0 Å². The summed E-state index contributed by atoms with van der Waals surface area (Å²) in [6.45, 7) is 0.0891. The molecular weight excluding hydrogens is 627 g/mol. The predicted octanol–water partition coefficient (Wildman–Crippen LogP) is 9.78. The van der Waals surface area contributed by atoms with E-state index in [1.807, 2.05) is 0 Å². The van der Waals surface area contributed by atoms with Crippen LogP contribution in [0.5, 0.6) is 0 Å².